The third-order valence-corrected chi connectivity index (χ3v) is 4.20. The van der Waals surface area contributed by atoms with Crippen LogP contribution < -0.4 is 10.1 Å². The van der Waals surface area contributed by atoms with Gasteiger partial charge >= 0.3 is 0 Å². The number of fused-ring (bicyclic) bond motifs is 1. The van der Waals surface area contributed by atoms with Crippen LogP contribution in [-0.4, -0.2) is 29.9 Å². The van der Waals surface area contributed by atoms with Crippen LogP contribution in [0, 0.1) is 0 Å². The van der Waals surface area contributed by atoms with Gasteiger partial charge in [0.25, 0.3) is 0 Å². The Balaban J connectivity index is 1.90. The molecule has 0 radical (unpaired) electrons. The van der Waals surface area contributed by atoms with Crippen molar-refractivity contribution in [2.45, 2.75) is 44.8 Å². The van der Waals surface area contributed by atoms with E-state index in [2.05, 4.69) is 19.2 Å². The average molecular weight is 284 g/mol. The van der Waals surface area contributed by atoms with Gasteiger partial charge < -0.3 is 15.2 Å². The van der Waals surface area contributed by atoms with E-state index in [4.69, 9.17) is 21.4 Å². The van der Waals surface area contributed by atoms with Crippen LogP contribution in [0.5, 0.6) is 5.75 Å². The van der Waals surface area contributed by atoms with Gasteiger partial charge in [-0.15, -0.1) is 0 Å². The number of benzene rings is 1. The molecule has 0 spiro atoms. The zero-order valence-electron chi connectivity index (χ0n) is 11.6. The fourth-order valence-corrected chi connectivity index (χ4v) is 2.59. The lowest BCUT2D eigenvalue weighted by Crippen LogP contribution is -2.46. The van der Waals surface area contributed by atoms with Gasteiger partial charge in [0.1, 0.15) is 11.9 Å². The summed E-state index contributed by atoms with van der Waals surface area (Å²) in [7, 11) is 0. The zero-order chi connectivity index (χ0) is 13.9. The second-order valence-corrected chi connectivity index (χ2v) is 5.90. The van der Waals surface area contributed by atoms with Crippen LogP contribution in [0.2, 0.25) is 5.02 Å². The number of rotatable bonds is 6. The standard InChI is InChI=1S/C15H22ClNO2/c1-3-15(2,6-7-18)17-10-13-9-11-8-12(16)4-5-14(11)19-13/h4-5,8,13,17-18H,3,6-7,9-10H2,1-2H3. The molecule has 19 heavy (non-hydrogen) atoms. The molecule has 1 aliphatic heterocycles. The number of aliphatic hydroxyl groups excluding tert-OH is 1. The minimum atomic E-state index is -0.0233. The summed E-state index contributed by atoms with van der Waals surface area (Å²) in [6.45, 7) is 5.27. The Morgan fingerprint density at radius 3 is 3.00 bits per heavy atom. The molecule has 1 aromatic rings. The summed E-state index contributed by atoms with van der Waals surface area (Å²) in [6.07, 6.45) is 2.79. The molecule has 2 unspecified atom stereocenters. The first-order valence-corrected chi connectivity index (χ1v) is 7.25. The number of hydrogen-bond acceptors (Lipinski definition) is 3. The summed E-state index contributed by atoms with van der Waals surface area (Å²) in [6, 6.07) is 5.77. The Kier molecular flexibility index (Phi) is 4.71. The average Bonchev–Trinajstić information content (AvgIpc) is 2.79. The van der Waals surface area contributed by atoms with Gasteiger partial charge in [0.05, 0.1) is 0 Å². The molecule has 106 valence electrons. The second kappa shape index (κ2) is 6.12. The Bertz CT molecular complexity index is 438. The fourth-order valence-electron chi connectivity index (χ4n) is 2.40. The molecule has 2 N–H and O–H groups in total. The Labute approximate surface area is 119 Å². The SMILES string of the molecule is CCC(C)(CCO)NCC1Cc2cc(Cl)ccc2O1. The topological polar surface area (TPSA) is 41.5 Å². The smallest absolute Gasteiger partial charge is 0.123 e. The van der Waals surface area contributed by atoms with Gasteiger partial charge in [-0.3, -0.25) is 0 Å². The van der Waals surface area contributed by atoms with Crippen LogP contribution in [-0.2, 0) is 6.42 Å². The molecule has 1 aromatic carbocycles. The highest BCUT2D eigenvalue weighted by atomic mass is 35.5. The molecule has 4 heteroatoms. The molecule has 0 aromatic heterocycles. The minimum absolute atomic E-state index is 0.0233. The van der Waals surface area contributed by atoms with E-state index in [-0.39, 0.29) is 18.2 Å². The maximum atomic E-state index is 9.11. The van der Waals surface area contributed by atoms with Crippen molar-refractivity contribution in [3.63, 3.8) is 0 Å². The molecule has 1 aliphatic rings. The molecule has 2 rings (SSSR count). The van der Waals surface area contributed by atoms with Crippen molar-refractivity contribution in [3.05, 3.63) is 28.8 Å². The Morgan fingerprint density at radius 1 is 1.53 bits per heavy atom. The Hall–Kier alpha value is -0.770. The first-order chi connectivity index (χ1) is 9.06. The van der Waals surface area contributed by atoms with Crippen molar-refractivity contribution >= 4 is 11.6 Å². The number of halogens is 1. The van der Waals surface area contributed by atoms with Gasteiger partial charge in [0.2, 0.25) is 0 Å². The van der Waals surface area contributed by atoms with Crippen molar-refractivity contribution in [3.8, 4) is 5.75 Å². The molecule has 3 nitrogen and oxygen atoms in total. The van der Waals surface area contributed by atoms with Gasteiger partial charge in [0, 0.05) is 30.1 Å². The van der Waals surface area contributed by atoms with Crippen LogP contribution in [0.3, 0.4) is 0 Å². The van der Waals surface area contributed by atoms with Crippen molar-refractivity contribution in [1.29, 1.82) is 0 Å². The van der Waals surface area contributed by atoms with Crippen LogP contribution in [0.1, 0.15) is 32.3 Å². The Morgan fingerprint density at radius 2 is 2.32 bits per heavy atom. The first-order valence-electron chi connectivity index (χ1n) is 6.87. The van der Waals surface area contributed by atoms with Crippen molar-refractivity contribution in [2.75, 3.05) is 13.2 Å². The molecule has 0 bridgehead atoms. The van der Waals surface area contributed by atoms with Gasteiger partial charge in [-0.2, -0.15) is 0 Å². The van der Waals surface area contributed by atoms with Crippen molar-refractivity contribution < 1.29 is 9.84 Å². The number of nitrogens with one attached hydrogen (secondary N) is 1. The molecule has 0 aliphatic carbocycles. The predicted molar refractivity (Wildman–Crippen MR) is 78.0 cm³/mol. The van der Waals surface area contributed by atoms with Gasteiger partial charge in [-0.1, -0.05) is 18.5 Å². The zero-order valence-corrected chi connectivity index (χ0v) is 12.3. The van der Waals surface area contributed by atoms with E-state index >= 15 is 0 Å². The molecule has 0 amide bonds. The monoisotopic (exact) mass is 283 g/mol. The van der Waals surface area contributed by atoms with E-state index in [1.807, 2.05) is 18.2 Å². The van der Waals surface area contributed by atoms with Gasteiger partial charge in [-0.25, -0.2) is 0 Å². The number of aliphatic hydroxyl groups is 1. The lowest BCUT2D eigenvalue weighted by atomic mass is 9.94. The molecule has 0 saturated carbocycles. The lowest BCUT2D eigenvalue weighted by molar-refractivity contribution is 0.177. The molecule has 0 saturated heterocycles. The van der Waals surface area contributed by atoms with Gasteiger partial charge in [0.15, 0.2) is 0 Å². The van der Waals surface area contributed by atoms with Crippen LogP contribution in [0.25, 0.3) is 0 Å². The molecular weight excluding hydrogens is 262 g/mol. The van der Waals surface area contributed by atoms with Gasteiger partial charge in [-0.05, 0) is 43.5 Å². The molecule has 0 fully saturated rings. The van der Waals surface area contributed by atoms with E-state index in [1.165, 1.54) is 5.56 Å². The highest BCUT2D eigenvalue weighted by molar-refractivity contribution is 6.30. The second-order valence-electron chi connectivity index (χ2n) is 5.46. The highest BCUT2D eigenvalue weighted by Crippen LogP contribution is 2.31. The third kappa shape index (κ3) is 3.62. The largest absolute Gasteiger partial charge is 0.488 e. The number of hydrogen-bond donors (Lipinski definition) is 2. The maximum Gasteiger partial charge on any atom is 0.123 e. The van der Waals surface area contributed by atoms with E-state index in [0.29, 0.717) is 0 Å². The van der Waals surface area contributed by atoms with Crippen molar-refractivity contribution in [2.24, 2.45) is 0 Å². The fraction of sp³-hybridized carbons (Fsp3) is 0.600. The molecular formula is C15H22ClNO2. The maximum absolute atomic E-state index is 9.11. The van der Waals surface area contributed by atoms with Crippen molar-refractivity contribution in [1.82, 2.24) is 5.32 Å². The van der Waals surface area contributed by atoms with E-state index < -0.39 is 0 Å². The summed E-state index contributed by atoms with van der Waals surface area (Å²) in [5.74, 6) is 0.941. The quantitative estimate of drug-likeness (QED) is 0.843. The normalized spacial score (nSPS) is 20.7. The van der Waals surface area contributed by atoms with E-state index in [9.17, 15) is 0 Å². The summed E-state index contributed by atoms with van der Waals surface area (Å²) in [4.78, 5) is 0. The summed E-state index contributed by atoms with van der Waals surface area (Å²) >= 11 is 5.99. The highest BCUT2D eigenvalue weighted by Gasteiger charge is 2.27. The molecule has 1 heterocycles. The summed E-state index contributed by atoms with van der Waals surface area (Å²) in [5.41, 5.74) is 1.16. The van der Waals surface area contributed by atoms with E-state index in [0.717, 1.165) is 36.6 Å². The number of ether oxygens (including phenoxy) is 1. The van der Waals surface area contributed by atoms with Crippen LogP contribution in [0.4, 0.5) is 0 Å². The molecule has 2 atom stereocenters. The third-order valence-electron chi connectivity index (χ3n) is 3.96. The lowest BCUT2D eigenvalue weighted by Gasteiger charge is -2.30. The van der Waals surface area contributed by atoms with Crippen LogP contribution in [0.15, 0.2) is 18.2 Å². The van der Waals surface area contributed by atoms with E-state index in [1.54, 1.807) is 0 Å². The summed E-state index contributed by atoms with van der Waals surface area (Å²) < 4.78 is 5.90. The summed E-state index contributed by atoms with van der Waals surface area (Å²) in [5, 5.41) is 13.4. The minimum Gasteiger partial charge on any atom is -0.488 e. The first kappa shape index (κ1) is 14.6. The predicted octanol–water partition coefficient (Wildman–Crippen LogP) is 2.78. The van der Waals surface area contributed by atoms with Crippen LogP contribution >= 0.6 is 11.6 Å².